The number of hydrogen-bond acceptors (Lipinski definition) is 3. The Hall–Kier alpha value is -0.120. The van der Waals surface area contributed by atoms with Gasteiger partial charge in [0.1, 0.15) is 5.60 Å². The lowest BCUT2D eigenvalue weighted by atomic mass is 9.71. The van der Waals surface area contributed by atoms with E-state index >= 15 is 0 Å². The van der Waals surface area contributed by atoms with Gasteiger partial charge in [0, 0.05) is 32.7 Å². The van der Waals surface area contributed by atoms with E-state index in [1.165, 1.54) is 57.8 Å². The van der Waals surface area contributed by atoms with E-state index in [0.29, 0.717) is 0 Å². The second kappa shape index (κ2) is 7.43. The van der Waals surface area contributed by atoms with Crippen LogP contribution in [0.2, 0.25) is 0 Å². The maximum Gasteiger partial charge on any atom is 0.106 e. The average Bonchev–Trinajstić information content (AvgIpc) is 3.04. The summed E-state index contributed by atoms with van der Waals surface area (Å²) in [6.45, 7) is 2.58. The van der Waals surface area contributed by atoms with Crippen molar-refractivity contribution in [3.05, 3.63) is 0 Å². The summed E-state index contributed by atoms with van der Waals surface area (Å²) in [6, 6.07) is 0.717. The Morgan fingerprint density at radius 1 is 1.05 bits per heavy atom. The van der Waals surface area contributed by atoms with Gasteiger partial charge in [-0.05, 0) is 24.7 Å². The summed E-state index contributed by atoms with van der Waals surface area (Å²) in [4.78, 5) is 0. The Bertz CT molecular complexity index is 308. The summed E-state index contributed by atoms with van der Waals surface area (Å²) in [7, 11) is 1.84. The van der Waals surface area contributed by atoms with Gasteiger partial charge in [0.05, 0.1) is 6.61 Å². The van der Waals surface area contributed by atoms with Crippen LogP contribution in [0.15, 0.2) is 0 Å². The summed E-state index contributed by atoms with van der Waals surface area (Å²) < 4.78 is 11.4. The van der Waals surface area contributed by atoms with Crippen LogP contribution in [0.4, 0.5) is 0 Å². The molecule has 3 aliphatic rings. The standard InChI is InChI=1S/C18H33NO2/c1-20-18(11-12-21-14-18)13-19-17-10-6-5-9-16(17)15-7-3-2-4-8-15/h15-17,19H,2-14H2,1H3. The Morgan fingerprint density at radius 2 is 1.81 bits per heavy atom. The third kappa shape index (κ3) is 3.80. The van der Waals surface area contributed by atoms with Crippen molar-refractivity contribution in [3.8, 4) is 0 Å². The first-order valence-corrected chi connectivity index (χ1v) is 9.19. The van der Waals surface area contributed by atoms with Gasteiger partial charge in [-0.25, -0.2) is 0 Å². The zero-order valence-electron chi connectivity index (χ0n) is 13.7. The molecule has 0 aromatic heterocycles. The summed E-state index contributed by atoms with van der Waals surface area (Å²) in [5.74, 6) is 1.89. The van der Waals surface area contributed by atoms with E-state index < -0.39 is 0 Å². The predicted octanol–water partition coefficient (Wildman–Crippen LogP) is 3.52. The molecule has 1 N–H and O–H groups in total. The highest BCUT2D eigenvalue weighted by Gasteiger charge is 2.38. The molecule has 0 aromatic carbocycles. The fourth-order valence-electron chi connectivity index (χ4n) is 4.82. The highest BCUT2D eigenvalue weighted by molar-refractivity contribution is 4.92. The minimum Gasteiger partial charge on any atom is -0.378 e. The first kappa shape index (κ1) is 15.8. The van der Waals surface area contributed by atoms with Crippen LogP contribution in [0.25, 0.3) is 0 Å². The molecule has 3 unspecified atom stereocenters. The van der Waals surface area contributed by atoms with Gasteiger partial charge >= 0.3 is 0 Å². The third-order valence-electron chi connectivity index (χ3n) is 6.26. The van der Waals surface area contributed by atoms with E-state index in [0.717, 1.165) is 44.1 Å². The topological polar surface area (TPSA) is 30.5 Å². The molecule has 0 radical (unpaired) electrons. The Kier molecular flexibility index (Phi) is 5.58. The molecule has 3 fully saturated rings. The van der Waals surface area contributed by atoms with Gasteiger partial charge in [0.2, 0.25) is 0 Å². The number of methoxy groups -OCH3 is 1. The molecule has 122 valence electrons. The molecule has 0 spiro atoms. The monoisotopic (exact) mass is 295 g/mol. The highest BCUT2D eigenvalue weighted by atomic mass is 16.5. The largest absolute Gasteiger partial charge is 0.378 e. The fourth-order valence-corrected chi connectivity index (χ4v) is 4.82. The van der Waals surface area contributed by atoms with Gasteiger partial charge in [-0.15, -0.1) is 0 Å². The van der Waals surface area contributed by atoms with E-state index in [2.05, 4.69) is 5.32 Å². The van der Waals surface area contributed by atoms with Crippen molar-refractivity contribution in [2.75, 3.05) is 26.9 Å². The van der Waals surface area contributed by atoms with Crippen LogP contribution in [-0.4, -0.2) is 38.5 Å². The Labute approximate surface area is 130 Å². The van der Waals surface area contributed by atoms with Crippen LogP contribution >= 0.6 is 0 Å². The molecule has 3 nitrogen and oxygen atoms in total. The maximum absolute atomic E-state index is 5.78. The Morgan fingerprint density at radius 3 is 2.52 bits per heavy atom. The maximum atomic E-state index is 5.78. The van der Waals surface area contributed by atoms with Crippen molar-refractivity contribution in [1.82, 2.24) is 5.32 Å². The summed E-state index contributed by atoms with van der Waals surface area (Å²) in [6.07, 6.45) is 14.0. The molecule has 0 aromatic rings. The van der Waals surface area contributed by atoms with Crippen molar-refractivity contribution < 1.29 is 9.47 Å². The first-order valence-electron chi connectivity index (χ1n) is 9.19. The van der Waals surface area contributed by atoms with E-state index in [1.54, 1.807) is 0 Å². The minimum atomic E-state index is -0.0610. The molecule has 3 rings (SSSR count). The summed E-state index contributed by atoms with van der Waals surface area (Å²) >= 11 is 0. The number of rotatable bonds is 5. The van der Waals surface area contributed by atoms with Crippen molar-refractivity contribution >= 4 is 0 Å². The van der Waals surface area contributed by atoms with E-state index in [9.17, 15) is 0 Å². The molecule has 1 heterocycles. The zero-order valence-corrected chi connectivity index (χ0v) is 13.7. The predicted molar refractivity (Wildman–Crippen MR) is 85.5 cm³/mol. The first-order chi connectivity index (χ1) is 10.3. The molecular formula is C18H33NO2. The molecule has 1 aliphatic heterocycles. The summed E-state index contributed by atoms with van der Waals surface area (Å²) in [5, 5.41) is 3.90. The lowest BCUT2D eigenvalue weighted by Crippen LogP contribution is -2.50. The normalized spacial score (nSPS) is 38.7. The third-order valence-corrected chi connectivity index (χ3v) is 6.26. The van der Waals surface area contributed by atoms with Crippen LogP contribution in [-0.2, 0) is 9.47 Å². The van der Waals surface area contributed by atoms with Gasteiger partial charge in [0.25, 0.3) is 0 Å². The van der Waals surface area contributed by atoms with Crippen molar-refractivity contribution in [2.24, 2.45) is 11.8 Å². The van der Waals surface area contributed by atoms with Crippen LogP contribution in [0.1, 0.15) is 64.2 Å². The molecule has 1 saturated heterocycles. The number of hydrogen-bond donors (Lipinski definition) is 1. The lowest BCUT2D eigenvalue weighted by molar-refractivity contribution is -0.0211. The smallest absolute Gasteiger partial charge is 0.106 e. The van der Waals surface area contributed by atoms with E-state index in [1.807, 2.05) is 7.11 Å². The van der Waals surface area contributed by atoms with Gasteiger partial charge in [-0.1, -0.05) is 44.9 Å². The van der Waals surface area contributed by atoms with Gasteiger partial charge < -0.3 is 14.8 Å². The molecular weight excluding hydrogens is 262 g/mol. The minimum absolute atomic E-state index is 0.0610. The van der Waals surface area contributed by atoms with Crippen LogP contribution < -0.4 is 5.32 Å². The molecule has 2 aliphatic carbocycles. The lowest BCUT2D eigenvalue weighted by Gasteiger charge is -2.41. The van der Waals surface area contributed by atoms with Crippen molar-refractivity contribution in [3.63, 3.8) is 0 Å². The zero-order chi connectivity index (χ0) is 14.5. The molecule has 3 atom stereocenters. The Balaban J connectivity index is 1.56. The second-order valence-corrected chi connectivity index (χ2v) is 7.52. The highest BCUT2D eigenvalue weighted by Crippen LogP contribution is 2.38. The van der Waals surface area contributed by atoms with Crippen molar-refractivity contribution in [1.29, 1.82) is 0 Å². The molecule has 2 saturated carbocycles. The average molecular weight is 295 g/mol. The van der Waals surface area contributed by atoms with Crippen molar-refractivity contribution in [2.45, 2.75) is 75.9 Å². The van der Waals surface area contributed by atoms with Crippen LogP contribution in [0.3, 0.4) is 0 Å². The van der Waals surface area contributed by atoms with Crippen LogP contribution in [0.5, 0.6) is 0 Å². The van der Waals surface area contributed by atoms with E-state index in [4.69, 9.17) is 9.47 Å². The molecule has 0 bridgehead atoms. The second-order valence-electron chi connectivity index (χ2n) is 7.52. The fraction of sp³-hybridized carbons (Fsp3) is 1.00. The molecule has 0 amide bonds. The van der Waals surface area contributed by atoms with Crippen LogP contribution in [0, 0.1) is 11.8 Å². The summed E-state index contributed by atoms with van der Waals surface area (Å²) in [5.41, 5.74) is -0.0610. The number of ether oxygens (including phenoxy) is 2. The van der Waals surface area contributed by atoms with Gasteiger partial charge in [-0.3, -0.25) is 0 Å². The molecule has 3 heteroatoms. The van der Waals surface area contributed by atoms with Gasteiger partial charge in [-0.2, -0.15) is 0 Å². The SMILES string of the molecule is COC1(CNC2CCCCC2C2CCCCC2)CCOC1. The molecule has 21 heavy (non-hydrogen) atoms. The van der Waals surface area contributed by atoms with Gasteiger partial charge in [0.15, 0.2) is 0 Å². The quantitative estimate of drug-likeness (QED) is 0.842. The number of nitrogens with one attached hydrogen (secondary N) is 1. The van der Waals surface area contributed by atoms with E-state index in [-0.39, 0.29) is 5.60 Å².